The second-order valence-electron chi connectivity index (χ2n) is 12.0. The normalized spacial score (nSPS) is 14.6. The quantitative estimate of drug-likeness (QED) is 0.394. The lowest BCUT2D eigenvalue weighted by atomic mass is 9.56. The van der Waals surface area contributed by atoms with Gasteiger partial charge in [0.2, 0.25) is 0 Å². The number of phenols is 1. The molecule has 0 heterocycles. The molecule has 1 aromatic rings. The number of methoxy groups -OCH3 is 2. The highest BCUT2D eigenvalue weighted by atomic mass is 32.2. The predicted molar refractivity (Wildman–Crippen MR) is 130 cm³/mol. The van der Waals surface area contributed by atoms with E-state index >= 15 is 0 Å². The van der Waals surface area contributed by atoms with E-state index in [0.717, 1.165) is 12.8 Å². The Kier molecular flexibility index (Phi) is 8.40. The summed E-state index contributed by atoms with van der Waals surface area (Å²) >= 11 is 0. The summed E-state index contributed by atoms with van der Waals surface area (Å²) in [6.45, 7) is 21.5. The molecule has 6 nitrogen and oxygen atoms in total. The van der Waals surface area contributed by atoms with Crippen molar-refractivity contribution >= 4 is 10.1 Å². The van der Waals surface area contributed by atoms with Gasteiger partial charge >= 0.3 is 10.1 Å². The van der Waals surface area contributed by atoms with E-state index in [0.29, 0.717) is 17.0 Å². The maximum atomic E-state index is 12.1. The van der Waals surface area contributed by atoms with E-state index in [1.54, 1.807) is 6.92 Å². The van der Waals surface area contributed by atoms with Crippen LogP contribution in [0.4, 0.5) is 0 Å². The Balaban J connectivity index is 4.18. The molecule has 0 radical (unpaired) electrons. The molecule has 1 unspecified atom stereocenters. The molecule has 0 amide bonds. The highest BCUT2D eigenvalue weighted by Crippen LogP contribution is 2.60. The second-order valence-corrected chi connectivity index (χ2v) is 13.4. The second kappa shape index (κ2) is 9.41. The number of benzene rings is 1. The van der Waals surface area contributed by atoms with Crippen LogP contribution in [0.25, 0.3) is 0 Å². The maximum Gasteiger partial charge on any atom is 0.302 e. The molecule has 1 atom stereocenters. The molecule has 0 aliphatic heterocycles. The van der Waals surface area contributed by atoms with Crippen molar-refractivity contribution in [2.75, 3.05) is 14.2 Å². The van der Waals surface area contributed by atoms with E-state index < -0.39 is 20.8 Å². The van der Waals surface area contributed by atoms with E-state index in [2.05, 4.69) is 62.3 Å². The van der Waals surface area contributed by atoms with Crippen molar-refractivity contribution < 1.29 is 27.6 Å². The van der Waals surface area contributed by atoms with E-state index in [4.69, 9.17) is 9.47 Å². The van der Waals surface area contributed by atoms with Crippen LogP contribution in [0.3, 0.4) is 0 Å². The predicted octanol–water partition coefficient (Wildman–Crippen LogP) is 6.58. The number of phenolic OH excluding ortho intramolecular Hbond substituents is 1. The maximum absolute atomic E-state index is 12.1. The molecule has 0 bridgehead atoms. The summed E-state index contributed by atoms with van der Waals surface area (Å²) in [5.74, 6) is -0.125. The van der Waals surface area contributed by atoms with Crippen LogP contribution < -0.4 is 9.47 Å². The van der Waals surface area contributed by atoms with Crippen molar-refractivity contribution in [3.63, 3.8) is 0 Å². The molecule has 0 aromatic heterocycles. The molecular formula is C25H44O6S. The zero-order chi connectivity index (χ0) is 25.4. The summed E-state index contributed by atoms with van der Waals surface area (Å²) < 4.78 is 45.2. The molecule has 0 saturated carbocycles. The van der Waals surface area contributed by atoms with Crippen LogP contribution in [-0.4, -0.2) is 32.3 Å². The lowest BCUT2D eigenvalue weighted by Crippen LogP contribution is -2.38. The van der Waals surface area contributed by atoms with Crippen molar-refractivity contribution in [1.82, 2.24) is 0 Å². The van der Waals surface area contributed by atoms with E-state index in [1.165, 1.54) is 14.2 Å². The molecule has 32 heavy (non-hydrogen) atoms. The summed E-state index contributed by atoms with van der Waals surface area (Å²) in [6, 6.07) is 0. The molecule has 0 fully saturated rings. The summed E-state index contributed by atoms with van der Waals surface area (Å²) in [7, 11) is -1.99. The fourth-order valence-corrected chi connectivity index (χ4v) is 7.06. The third-order valence-electron chi connectivity index (χ3n) is 6.07. The average Bonchev–Trinajstić information content (AvgIpc) is 2.53. The van der Waals surface area contributed by atoms with E-state index in [1.807, 2.05) is 0 Å². The molecule has 7 heteroatoms. The molecule has 1 aromatic carbocycles. The Morgan fingerprint density at radius 1 is 0.906 bits per heavy atom. The number of hydrogen-bond acceptors (Lipinski definition) is 5. The number of aromatic hydroxyl groups is 1. The Hall–Kier alpha value is -1.47. The van der Waals surface area contributed by atoms with Gasteiger partial charge in [-0.25, -0.2) is 0 Å². The zero-order valence-corrected chi connectivity index (χ0v) is 22.8. The number of ether oxygens (including phenoxy) is 2. The first-order valence-corrected chi connectivity index (χ1v) is 12.6. The Morgan fingerprint density at radius 2 is 1.38 bits per heavy atom. The fourth-order valence-electron chi connectivity index (χ4n) is 6.25. The Bertz CT molecular complexity index is 921. The van der Waals surface area contributed by atoms with Crippen LogP contribution in [0.1, 0.15) is 92.2 Å². The van der Waals surface area contributed by atoms with Gasteiger partial charge in [0, 0.05) is 5.56 Å². The van der Waals surface area contributed by atoms with Crippen LogP contribution in [-0.2, 0) is 10.1 Å². The highest BCUT2D eigenvalue weighted by Gasteiger charge is 2.47. The zero-order valence-electron chi connectivity index (χ0n) is 22.0. The van der Waals surface area contributed by atoms with Gasteiger partial charge in [0.05, 0.1) is 14.2 Å². The topological polar surface area (TPSA) is 93.1 Å². The summed E-state index contributed by atoms with van der Waals surface area (Å²) in [4.78, 5) is -0.660. The molecule has 0 aliphatic rings. The minimum atomic E-state index is -4.75. The summed E-state index contributed by atoms with van der Waals surface area (Å²) in [5, 5.41) is 11.0. The molecule has 1 rings (SSSR count). The van der Waals surface area contributed by atoms with Crippen molar-refractivity contribution in [1.29, 1.82) is 0 Å². The Morgan fingerprint density at radius 3 is 1.72 bits per heavy atom. The van der Waals surface area contributed by atoms with Gasteiger partial charge in [-0.05, 0) is 53.4 Å². The number of rotatable bonds is 9. The fraction of sp³-hybridized carbons (Fsp3) is 0.760. The van der Waals surface area contributed by atoms with Gasteiger partial charge < -0.3 is 14.6 Å². The minimum absolute atomic E-state index is 0.0390. The van der Waals surface area contributed by atoms with Gasteiger partial charge in [0.15, 0.2) is 16.4 Å². The van der Waals surface area contributed by atoms with Crippen molar-refractivity contribution in [2.24, 2.45) is 22.2 Å². The van der Waals surface area contributed by atoms with Crippen molar-refractivity contribution in [2.45, 2.75) is 92.9 Å². The molecule has 2 N–H and O–H groups in total. The van der Waals surface area contributed by atoms with Gasteiger partial charge in [-0.2, -0.15) is 8.42 Å². The molecule has 0 aliphatic carbocycles. The van der Waals surface area contributed by atoms with Gasteiger partial charge in [-0.3, -0.25) is 4.55 Å². The highest BCUT2D eigenvalue weighted by molar-refractivity contribution is 7.86. The van der Waals surface area contributed by atoms with Gasteiger partial charge in [0.1, 0.15) is 5.75 Å². The summed E-state index contributed by atoms with van der Waals surface area (Å²) in [6.07, 6.45) is 1.80. The van der Waals surface area contributed by atoms with Crippen molar-refractivity contribution in [3.05, 3.63) is 11.1 Å². The van der Waals surface area contributed by atoms with Crippen LogP contribution in [0.5, 0.6) is 17.2 Å². The molecule has 0 saturated heterocycles. The molecule has 186 valence electrons. The van der Waals surface area contributed by atoms with Gasteiger partial charge in [-0.15, -0.1) is 0 Å². The van der Waals surface area contributed by atoms with Crippen molar-refractivity contribution in [3.8, 4) is 17.2 Å². The average molecular weight is 473 g/mol. The molecular weight excluding hydrogens is 428 g/mol. The van der Waals surface area contributed by atoms with Gasteiger partial charge in [-0.1, -0.05) is 62.3 Å². The summed E-state index contributed by atoms with van der Waals surface area (Å²) in [5.41, 5.74) is 0.661. The van der Waals surface area contributed by atoms with Crippen LogP contribution in [0.2, 0.25) is 0 Å². The van der Waals surface area contributed by atoms with E-state index in [-0.39, 0.29) is 33.7 Å². The lowest BCUT2D eigenvalue weighted by Gasteiger charge is -2.49. The van der Waals surface area contributed by atoms with Crippen LogP contribution in [0, 0.1) is 29.1 Å². The lowest BCUT2D eigenvalue weighted by molar-refractivity contribution is 0.0763. The third kappa shape index (κ3) is 6.10. The SMILES string of the molecule is COc1c(OC)c(S(=O)(=O)O)c(O)c(C)c1C(C(C)(C)CC(C)C)C(C)(C)CC(C)(C)C. The largest absolute Gasteiger partial charge is 0.506 e. The third-order valence-corrected chi connectivity index (χ3v) is 6.96. The molecule has 0 spiro atoms. The van der Waals surface area contributed by atoms with E-state index in [9.17, 15) is 18.1 Å². The number of hydrogen-bond donors (Lipinski definition) is 2. The first-order valence-electron chi connectivity index (χ1n) is 11.2. The Labute approximate surface area is 195 Å². The first kappa shape index (κ1) is 28.6. The van der Waals surface area contributed by atoms with Crippen LogP contribution in [0.15, 0.2) is 4.90 Å². The van der Waals surface area contributed by atoms with Crippen LogP contribution >= 0.6 is 0 Å². The monoisotopic (exact) mass is 472 g/mol. The first-order chi connectivity index (χ1) is 14.2. The minimum Gasteiger partial charge on any atom is -0.506 e. The van der Waals surface area contributed by atoms with Gasteiger partial charge in [0.25, 0.3) is 0 Å². The standard InChI is InChI=1S/C25H44O6S/c1-15(2)13-24(7,8)22(25(9,10)14-23(4,5)6)17-16(3)18(26)21(32(27,28)29)20(31-12)19(17)30-11/h15,22,26H,13-14H2,1-12H3,(H,27,28,29). The smallest absolute Gasteiger partial charge is 0.302 e.